The van der Waals surface area contributed by atoms with Crippen LogP contribution in [0.2, 0.25) is 0 Å². The maximum absolute atomic E-state index is 4.42. The van der Waals surface area contributed by atoms with Gasteiger partial charge in [0.25, 0.3) is 0 Å². The molecule has 1 fully saturated rings. The second-order valence-corrected chi connectivity index (χ2v) is 5.38. The van der Waals surface area contributed by atoms with Crippen molar-refractivity contribution in [2.75, 3.05) is 20.1 Å². The molecule has 1 aromatic heterocycles. The van der Waals surface area contributed by atoms with Gasteiger partial charge in [0, 0.05) is 25.5 Å². The molecule has 2 atom stereocenters. The third-order valence-corrected chi connectivity index (χ3v) is 4.19. The molecule has 2 heterocycles. The van der Waals surface area contributed by atoms with E-state index in [-0.39, 0.29) is 0 Å². The predicted molar refractivity (Wildman–Crippen MR) is 67.1 cm³/mol. The average Bonchev–Trinajstić information content (AvgIpc) is 2.59. The first-order valence-corrected chi connectivity index (χ1v) is 6.24. The van der Waals surface area contributed by atoms with E-state index in [0.717, 1.165) is 11.0 Å². The SMILES string of the molecule is CN1C[C@H]2C[C@@H](C1)c1cc3nccnc3cc12. The van der Waals surface area contributed by atoms with Gasteiger partial charge in [-0.1, -0.05) is 0 Å². The number of nitrogens with zero attached hydrogens (tertiary/aromatic N) is 3. The van der Waals surface area contributed by atoms with Gasteiger partial charge in [-0.3, -0.25) is 9.97 Å². The Balaban J connectivity index is 1.95. The summed E-state index contributed by atoms with van der Waals surface area (Å²) in [5, 5.41) is 0. The van der Waals surface area contributed by atoms with E-state index < -0.39 is 0 Å². The van der Waals surface area contributed by atoms with Crippen molar-refractivity contribution in [2.24, 2.45) is 0 Å². The number of piperidine rings is 1. The normalized spacial score (nSPS) is 27.4. The van der Waals surface area contributed by atoms with Gasteiger partial charge in [-0.2, -0.15) is 0 Å². The molecule has 1 aliphatic carbocycles. The zero-order valence-electron chi connectivity index (χ0n) is 9.93. The van der Waals surface area contributed by atoms with Gasteiger partial charge in [0.05, 0.1) is 11.0 Å². The van der Waals surface area contributed by atoms with Gasteiger partial charge in [-0.25, -0.2) is 0 Å². The zero-order valence-corrected chi connectivity index (χ0v) is 9.93. The standard InChI is InChI=1S/C14H15N3/c1-17-7-9-4-10(8-17)12-6-14-13(5-11(9)12)15-2-3-16-14/h2-3,5-6,9-10H,4,7-8H2,1H3/t9-,10+. The molecule has 4 rings (SSSR count). The van der Waals surface area contributed by atoms with Gasteiger partial charge >= 0.3 is 0 Å². The first-order chi connectivity index (χ1) is 8.31. The number of benzene rings is 1. The van der Waals surface area contributed by atoms with Crippen molar-refractivity contribution in [1.29, 1.82) is 0 Å². The van der Waals surface area contributed by atoms with Crippen LogP contribution in [0.3, 0.4) is 0 Å². The smallest absolute Gasteiger partial charge is 0.0889 e. The summed E-state index contributed by atoms with van der Waals surface area (Å²) in [6.07, 6.45) is 4.87. The van der Waals surface area contributed by atoms with E-state index in [0.29, 0.717) is 11.8 Å². The third kappa shape index (κ3) is 1.32. The summed E-state index contributed by atoms with van der Waals surface area (Å²) in [5.74, 6) is 1.42. The molecule has 1 saturated heterocycles. The lowest BCUT2D eigenvalue weighted by molar-refractivity contribution is 0.245. The molecule has 2 aliphatic rings. The van der Waals surface area contributed by atoms with Crippen LogP contribution >= 0.6 is 0 Å². The number of aromatic nitrogens is 2. The molecule has 1 aromatic carbocycles. The molecule has 2 bridgehead atoms. The van der Waals surface area contributed by atoms with Crippen molar-refractivity contribution >= 4 is 11.0 Å². The minimum atomic E-state index is 0.708. The summed E-state index contributed by atoms with van der Waals surface area (Å²) in [5.41, 5.74) is 5.13. The minimum Gasteiger partial charge on any atom is -0.305 e. The molecule has 0 unspecified atom stereocenters. The summed E-state index contributed by atoms with van der Waals surface area (Å²) in [4.78, 5) is 11.3. The molecule has 86 valence electrons. The number of hydrogen-bond acceptors (Lipinski definition) is 3. The van der Waals surface area contributed by atoms with Gasteiger partial charge in [0.2, 0.25) is 0 Å². The molecule has 0 N–H and O–H groups in total. The summed E-state index contributed by atoms with van der Waals surface area (Å²) in [7, 11) is 2.22. The Labute approximate surface area is 100 Å². The largest absolute Gasteiger partial charge is 0.305 e. The molecule has 2 aromatic rings. The Morgan fingerprint density at radius 3 is 2.06 bits per heavy atom. The number of likely N-dealkylation sites (tertiary alicyclic amines) is 1. The fourth-order valence-corrected chi connectivity index (χ4v) is 3.52. The quantitative estimate of drug-likeness (QED) is 0.688. The van der Waals surface area contributed by atoms with E-state index in [1.54, 1.807) is 12.4 Å². The highest BCUT2D eigenvalue weighted by Gasteiger charge is 2.36. The highest BCUT2D eigenvalue weighted by atomic mass is 15.1. The van der Waals surface area contributed by atoms with Crippen LogP contribution < -0.4 is 0 Å². The Bertz CT molecular complexity index is 543. The van der Waals surface area contributed by atoms with Gasteiger partial charge < -0.3 is 4.90 Å². The van der Waals surface area contributed by atoms with E-state index in [1.807, 2.05) is 0 Å². The lowest BCUT2D eigenvalue weighted by Crippen LogP contribution is -2.31. The van der Waals surface area contributed by atoms with Crippen molar-refractivity contribution in [3.8, 4) is 0 Å². The number of likely N-dealkylation sites (N-methyl/N-ethyl adjacent to an activating group) is 1. The van der Waals surface area contributed by atoms with Crippen LogP contribution in [0.5, 0.6) is 0 Å². The van der Waals surface area contributed by atoms with Crippen LogP contribution in [0.4, 0.5) is 0 Å². The molecule has 3 heteroatoms. The Hall–Kier alpha value is -1.48. The van der Waals surface area contributed by atoms with Gasteiger partial charge in [-0.05, 0) is 48.6 Å². The van der Waals surface area contributed by atoms with Crippen LogP contribution in [0.1, 0.15) is 29.4 Å². The molecular formula is C14H15N3. The van der Waals surface area contributed by atoms with Crippen LogP contribution in [0.25, 0.3) is 11.0 Å². The molecule has 1 aliphatic heterocycles. The zero-order chi connectivity index (χ0) is 11.4. The highest BCUT2D eigenvalue weighted by Crippen LogP contribution is 2.46. The molecule has 17 heavy (non-hydrogen) atoms. The Kier molecular flexibility index (Phi) is 1.83. The molecule has 3 nitrogen and oxygen atoms in total. The van der Waals surface area contributed by atoms with E-state index in [4.69, 9.17) is 0 Å². The fraction of sp³-hybridized carbons (Fsp3) is 0.429. The lowest BCUT2D eigenvalue weighted by Gasteiger charge is -2.28. The van der Waals surface area contributed by atoms with Crippen molar-refractivity contribution < 1.29 is 0 Å². The van der Waals surface area contributed by atoms with E-state index in [1.165, 1.54) is 30.6 Å². The molecule has 0 spiro atoms. The minimum absolute atomic E-state index is 0.708. The van der Waals surface area contributed by atoms with Crippen molar-refractivity contribution in [1.82, 2.24) is 14.9 Å². The third-order valence-electron chi connectivity index (χ3n) is 4.19. The van der Waals surface area contributed by atoms with Gasteiger partial charge in [0.15, 0.2) is 0 Å². The van der Waals surface area contributed by atoms with Gasteiger partial charge in [-0.15, -0.1) is 0 Å². The number of hydrogen-bond donors (Lipinski definition) is 0. The fourth-order valence-electron chi connectivity index (χ4n) is 3.52. The first-order valence-electron chi connectivity index (χ1n) is 6.24. The number of rotatable bonds is 0. The summed E-state index contributed by atoms with van der Waals surface area (Å²) < 4.78 is 0. The van der Waals surface area contributed by atoms with Crippen LogP contribution in [-0.4, -0.2) is 35.0 Å². The van der Waals surface area contributed by atoms with Crippen molar-refractivity contribution in [3.63, 3.8) is 0 Å². The highest BCUT2D eigenvalue weighted by molar-refractivity contribution is 5.77. The predicted octanol–water partition coefficient (Wildman–Crippen LogP) is 2.15. The maximum Gasteiger partial charge on any atom is 0.0889 e. The summed E-state index contributed by atoms with van der Waals surface area (Å²) in [6.45, 7) is 2.38. The van der Waals surface area contributed by atoms with Crippen LogP contribution in [-0.2, 0) is 0 Å². The topological polar surface area (TPSA) is 29.0 Å². The van der Waals surface area contributed by atoms with Crippen LogP contribution in [0, 0.1) is 0 Å². The Morgan fingerprint density at radius 1 is 1.00 bits per heavy atom. The second-order valence-electron chi connectivity index (χ2n) is 5.38. The monoisotopic (exact) mass is 225 g/mol. The maximum atomic E-state index is 4.42. The molecule has 0 amide bonds. The molecule has 0 radical (unpaired) electrons. The number of fused-ring (bicyclic) bond motifs is 6. The molecule has 0 saturated carbocycles. The first kappa shape index (κ1) is 9.54. The van der Waals surface area contributed by atoms with E-state index >= 15 is 0 Å². The molecular weight excluding hydrogens is 210 g/mol. The van der Waals surface area contributed by atoms with Crippen LogP contribution in [0.15, 0.2) is 24.5 Å². The van der Waals surface area contributed by atoms with Crippen molar-refractivity contribution in [2.45, 2.75) is 18.3 Å². The van der Waals surface area contributed by atoms with E-state index in [2.05, 4.69) is 34.0 Å². The lowest BCUT2D eigenvalue weighted by atomic mass is 9.96. The van der Waals surface area contributed by atoms with E-state index in [9.17, 15) is 0 Å². The Morgan fingerprint density at radius 2 is 1.53 bits per heavy atom. The van der Waals surface area contributed by atoms with Crippen molar-refractivity contribution in [3.05, 3.63) is 35.7 Å². The summed E-state index contributed by atoms with van der Waals surface area (Å²) >= 11 is 0. The average molecular weight is 225 g/mol. The summed E-state index contributed by atoms with van der Waals surface area (Å²) in [6, 6.07) is 4.53. The second kappa shape index (κ2) is 3.26. The van der Waals surface area contributed by atoms with Gasteiger partial charge in [0.1, 0.15) is 0 Å².